The first-order chi connectivity index (χ1) is 48.6. The minimum Gasteiger partial charge on any atom is -0.394 e. The van der Waals surface area contributed by atoms with Crippen molar-refractivity contribution >= 4 is 5.91 Å². The third-order valence-corrected chi connectivity index (χ3v) is 20.1. The van der Waals surface area contributed by atoms with E-state index in [9.17, 15) is 45.6 Å². The van der Waals surface area contributed by atoms with E-state index in [4.69, 9.17) is 18.9 Å². The molecule has 9 N–H and O–H groups in total. The van der Waals surface area contributed by atoms with Gasteiger partial charge in [-0.1, -0.05) is 350 Å². The summed E-state index contributed by atoms with van der Waals surface area (Å²) in [4.78, 5) is 13.4. The summed E-state index contributed by atoms with van der Waals surface area (Å²) in [5.41, 5.74) is 0. The third kappa shape index (κ3) is 51.3. The summed E-state index contributed by atoms with van der Waals surface area (Å²) in [6, 6.07) is -0.943. The molecule has 2 saturated heterocycles. The van der Waals surface area contributed by atoms with Gasteiger partial charge in [0.1, 0.15) is 48.8 Å². The Morgan fingerprint density at radius 3 is 1.06 bits per heavy atom. The predicted molar refractivity (Wildman–Crippen MR) is 410 cm³/mol. The first-order valence-electron chi connectivity index (χ1n) is 41.7. The summed E-state index contributed by atoms with van der Waals surface area (Å²) >= 11 is 0. The number of carbonyl (C=O) groups is 1. The number of aliphatic hydroxyl groups is 8. The van der Waals surface area contributed by atoms with E-state index >= 15 is 0 Å². The van der Waals surface area contributed by atoms with Gasteiger partial charge in [0.15, 0.2) is 12.6 Å². The second-order valence-electron chi connectivity index (χ2n) is 29.2. The predicted octanol–water partition coefficient (Wildman–Crippen LogP) is 19.3. The van der Waals surface area contributed by atoms with Gasteiger partial charge in [0.25, 0.3) is 0 Å². The fourth-order valence-electron chi connectivity index (χ4n) is 13.5. The smallest absolute Gasteiger partial charge is 0.220 e. The number of rotatable bonds is 70. The molecule has 14 heteroatoms. The minimum absolute atomic E-state index is 0.249. The Labute approximate surface area is 606 Å². The molecule has 0 saturated carbocycles. The lowest BCUT2D eigenvalue weighted by molar-refractivity contribution is -0.359. The minimum atomic E-state index is -1.80. The number of carbonyl (C=O) groups excluding carboxylic acids is 1. The topological polar surface area (TPSA) is 228 Å². The summed E-state index contributed by atoms with van der Waals surface area (Å²) in [7, 11) is 0. The van der Waals surface area contributed by atoms with Crippen LogP contribution in [0.5, 0.6) is 0 Å². The Kier molecular flexibility index (Phi) is 64.0. The molecule has 12 unspecified atom stereocenters. The fraction of sp³-hybridized carbons (Fsp3) is 0.847. The quantitative estimate of drug-likeness (QED) is 0.0204. The molecule has 2 heterocycles. The number of hydrogen-bond acceptors (Lipinski definition) is 13. The molecule has 0 aromatic rings. The maximum atomic E-state index is 13.4. The Morgan fingerprint density at radius 2 is 0.677 bits per heavy atom. The molecule has 0 aromatic carbocycles. The zero-order chi connectivity index (χ0) is 71.5. The highest BCUT2D eigenvalue weighted by Gasteiger charge is 2.51. The molecular formula is C85H155NO13. The Morgan fingerprint density at radius 1 is 0.364 bits per heavy atom. The standard InChI is InChI=1S/C85H155NO13/c1-3-5-7-9-11-13-15-17-19-21-23-25-27-29-31-33-35-37-39-41-43-45-47-49-51-53-55-57-59-61-63-65-67-69-77(90)86-73(72-96-84-82(95)80(93)83(76(71-88)98-84)99-85-81(94)79(92)78(91)75(70-87)97-85)74(89)68-66-64-62-60-58-56-54-52-50-48-46-44-42-40-38-36-34-32-30-28-26-24-22-20-18-16-14-12-10-8-6-4-2/h15,17,21,23,27,29,50,52,58,60,66,68,73-76,78-85,87-89,91-95H,3-14,16,18-20,22,24-26,28,30-49,51,53-57,59,61-65,67,69-72H2,1-2H3,(H,86,90)/b17-15-,23-21-,29-27-,52-50+,60-58+,68-66+. The lowest BCUT2D eigenvalue weighted by Gasteiger charge is -2.46. The van der Waals surface area contributed by atoms with Crippen LogP contribution in [-0.4, -0.2) is 140 Å². The van der Waals surface area contributed by atoms with Gasteiger partial charge in [-0.25, -0.2) is 0 Å². The summed E-state index contributed by atoms with van der Waals surface area (Å²) in [6.45, 7) is 2.82. The van der Waals surface area contributed by atoms with E-state index in [-0.39, 0.29) is 18.9 Å². The number of ether oxygens (including phenoxy) is 4. The molecule has 578 valence electrons. The highest BCUT2D eigenvalue weighted by molar-refractivity contribution is 5.76. The van der Waals surface area contributed by atoms with E-state index in [1.807, 2.05) is 6.08 Å². The van der Waals surface area contributed by atoms with Crippen LogP contribution in [0.4, 0.5) is 0 Å². The Hall–Kier alpha value is -2.57. The molecule has 2 rings (SSSR count). The second-order valence-corrected chi connectivity index (χ2v) is 29.2. The first kappa shape index (κ1) is 92.5. The van der Waals surface area contributed by atoms with Crippen LogP contribution in [0.15, 0.2) is 72.9 Å². The lowest BCUT2D eigenvalue weighted by Crippen LogP contribution is -2.65. The molecule has 1 amide bonds. The van der Waals surface area contributed by atoms with Crippen LogP contribution < -0.4 is 5.32 Å². The van der Waals surface area contributed by atoms with Crippen LogP contribution in [0.1, 0.15) is 367 Å². The van der Waals surface area contributed by atoms with E-state index in [0.29, 0.717) is 12.8 Å². The van der Waals surface area contributed by atoms with Crippen molar-refractivity contribution in [2.24, 2.45) is 0 Å². The molecule has 0 radical (unpaired) electrons. The number of amides is 1. The van der Waals surface area contributed by atoms with E-state index in [1.54, 1.807) is 6.08 Å². The first-order valence-corrected chi connectivity index (χ1v) is 41.7. The summed E-state index contributed by atoms with van der Waals surface area (Å²) in [5.74, 6) is -0.249. The molecule has 12 atom stereocenters. The monoisotopic (exact) mass is 1400 g/mol. The van der Waals surface area contributed by atoms with Crippen molar-refractivity contribution in [2.45, 2.75) is 441 Å². The van der Waals surface area contributed by atoms with Crippen molar-refractivity contribution in [1.29, 1.82) is 0 Å². The molecule has 0 aromatic heterocycles. The van der Waals surface area contributed by atoms with Gasteiger partial charge in [0.2, 0.25) is 5.91 Å². The van der Waals surface area contributed by atoms with Gasteiger partial charge in [-0.05, 0) is 83.5 Å². The highest BCUT2D eigenvalue weighted by atomic mass is 16.7. The van der Waals surface area contributed by atoms with Crippen molar-refractivity contribution in [2.75, 3.05) is 19.8 Å². The van der Waals surface area contributed by atoms with Crippen molar-refractivity contribution in [3.63, 3.8) is 0 Å². The SMILES string of the molecule is CCCCCCC/C=C\C/C=C\C/C=C\CCCCCCCCCCCCCCCCCCCCC(=O)NC(COC1OC(CO)C(OC2OC(CO)C(O)C(O)C2O)C(O)C1O)C(O)/C=C/CC/C=C/CC/C=C/CCCCCCCCCCCCCCCCCCCCCCCC. The highest BCUT2D eigenvalue weighted by Crippen LogP contribution is 2.30. The molecule has 2 aliphatic heterocycles. The van der Waals surface area contributed by atoms with Crippen LogP contribution >= 0.6 is 0 Å². The van der Waals surface area contributed by atoms with Gasteiger partial charge in [-0.2, -0.15) is 0 Å². The van der Waals surface area contributed by atoms with Gasteiger partial charge in [0.05, 0.1) is 32.0 Å². The third-order valence-electron chi connectivity index (χ3n) is 20.1. The van der Waals surface area contributed by atoms with Crippen LogP contribution in [0.3, 0.4) is 0 Å². The van der Waals surface area contributed by atoms with Crippen LogP contribution in [-0.2, 0) is 23.7 Å². The zero-order valence-electron chi connectivity index (χ0n) is 63.5. The number of nitrogens with one attached hydrogen (secondary N) is 1. The summed E-state index contributed by atoms with van der Waals surface area (Å²) < 4.78 is 22.9. The van der Waals surface area contributed by atoms with E-state index in [2.05, 4.69) is 79.9 Å². The van der Waals surface area contributed by atoms with Crippen LogP contribution in [0.2, 0.25) is 0 Å². The average Bonchev–Trinajstić information content (AvgIpc) is 0.793. The molecular weight excluding hydrogens is 1240 g/mol. The van der Waals surface area contributed by atoms with Crippen molar-refractivity contribution in [3.05, 3.63) is 72.9 Å². The zero-order valence-corrected chi connectivity index (χ0v) is 63.5. The van der Waals surface area contributed by atoms with Gasteiger partial charge in [-0.3, -0.25) is 4.79 Å². The maximum absolute atomic E-state index is 13.4. The second kappa shape index (κ2) is 68.5. The number of unbranched alkanes of at least 4 members (excludes halogenated alkanes) is 47. The molecule has 99 heavy (non-hydrogen) atoms. The van der Waals surface area contributed by atoms with E-state index in [0.717, 1.165) is 57.8 Å². The molecule has 14 nitrogen and oxygen atoms in total. The molecule has 2 fully saturated rings. The average molecular weight is 1400 g/mol. The maximum Gasteiger partial charge on any atom is 0.220 e. The molecule has 0 aliphatic carbocycles. The van der Waals surface area contributed by atoms with Crippen molar-refractivity contribution in [3.8, 4) is 0 Å². The van der Waals surface area contributed by atoms with Crippen molar-refractivity contribution in [1.82, 2.24) is 5.32 Å². The van der Waals surface area contributed by atoms with Crippen LogP contribution in [0, 0.1) is 0 Å². The molecule has 0 spiro atoms. The number of hydrogen-bond donors (Lipinski definition) is 9. The van der Waals surface area contributed by atoms with Gasteiger partial charge in [0, 0.05) is 6.42 Å². The molecule has 2 aliphatic rings. The molecule has 0 bridgehead atoms. The Bertz CT molecular complexity index is 1940. The van der Waals surface area contributed by atoms with Gasteiger partial charge in [-0.15, -0.1) is 0 Å². The normalized spacial score (nSPS) is 22.3. The van der Waals surface area contributed by atoms with Crippen molar-refractivity contribution < 1.29 is 64.6 Å². The largest absolute Gasteiger partial charge is 0.394 e. The summed E-state index contributed by atoms with van der Waals surface area (Å²) in [5, 5.41) is 87.7. The summed E-state index contributed by atoms with van der Waals surface area (Å²) in [6.07, 6.45) is 78.5. The lowest BCUT2D eigenvalue weighted by atomic mass is 9.97. The fourth-order valence-corrected chi connectivity index (χ4v) is 13.5. The van der Waals surface area contributed by atoms with E-state index < -0.39 is 86.8 Å². The van der Waals surface area contributed by atoms with Gasteiger partial charge >= 0.3 is 0 Å². The Balaban J connectivity index is 1.63. The number of aliphatic hydroxyl groups excluding tert-OH is 8. The van der Waals surface area contributed by atoms with Gasteiger partial charge < -0.3 is 65.1 Å². The van der Waals surface area contributed by atoms with Crippen LogP contribution in [0.25, 0.3) is 0 Å². The number of allylic oxidation sites excluding steroid dienone is 11. The van der Waals surface area contributed by atoms with E-state index in [1.165, 1.54) is 276 Å².